The van der Waals surface area contributed by atoms with E-state index in [2.05, 4.69) is 44.8 Å². The van der Waals surface area contributed by atoms with Gasteiger partial charge in [-0.1, -0.05) is 13.8 Å². The molecule has 2 atom stereocenters. The third kappa shape index (κ3) is 3.67. The van der Waals surface area contributed by atoms with Gasteiger partial charge in [0.25, 0.3) is 0 Å². The van der Waals surface area contributed by atoms with Crippen LogP contribution in [0.25, 0.3) is 0 Å². The van der Waals surface area contributed by atoms with Gasteiger partial charge in [-0.15, -0.1) is 0 Å². The van der Waals surface area contributed by atoms with Gasteiger partial charge in [0.2, 0.25) is 0 Å². The summed E-state index contributed by atoms with van der Waals surface area (Å²) >= 11 is 0. The third-order valence-corrected chi connectivity index (χ3v) is 4.31. The van der Waals surface area contributed by atoms with E-state index in [0.717, 1.165) is 26.3 Å². The Morgan fingerprint density at radius 1 is 1.35 bits per heavy atom. The molecule has 1 aliphatic rings. The van der Waals surface area contributed by atoms with Crippen molar-refractivity contribution in [2.24, 2.45) is 0 Å². The summed E-state index contributed by atoms with van der Waals surface area (Å²) in [6.07, 6.45) is 2.40. The molecule has 0 aromatic heterocycles. The molecule has 1 rings (SSSR count). The summed E-state index contributed by atoms with van der Waals surface area (Å²) in [5.74, 6) is 0. The van der Waals surface area contributed by atoms with Gasteiger partial charge in [0.05, 0.1) is 6.61 Å². The van der Waals surface area contributed by atoms with E-state index < -0.39 is 0 Å². The van der Waals surface area contributed by atoms with Crippen molar-refractivity contribution in [2.45, 2.75) is 65.1 Å². The van der Waals surface area contributed by atoms with Crippen LogP contribution in [0.3, 0.4) is 0 Å². The van der Waals surface area contributed by atoms with Gasteiger partial charge < -0.3 is 10.1 Å². The molecule has 3 nitrogen and oxygen atoms in total. The molecule has 1 N–H and O–H groups in total. The molecule has 1 saturated heterocycles. The molecule has 0 radical (unpaired) electrons. The molecule has 1 aliphatic heterocycles. The maximum atomic E-state index is 5.57. The molecule has 0 amide bonds. The van der Waals surface area contributed by atoms with Gasteiger partial charge in [-0.2, -0.15) is 0 Å². The average Bonchev–Trinajstić information content (AvgIpc) is 2.37. The lowest BCUT2D eigenvalue weighted by Crippen LogP contribution is -2.65. The maximum Gasteiger partial charge on any atom is 0.0619 e. The van der Waals surface area contributed by atoms with Gasteiger partial charge in [-0.25, -0.2) is 0 Å². The fourth-order valence-corrected chi connectivity index (χ4v) is 2.74. The molecule has 2 unspecified atom stereocenters. The van der Waals surface area contributed by atoms with E-state index in [1.165, 1.54) is 12.8 Å². The lowest BCUT2D eigenvalue weighted by molar-refractivity contribution is 0.00863. The van der Waals surface area contributed by atoms with Gasteiger partial charge in [0.1, 0.15) is 0 Å². The van der Waals surface area contributed by atoms with E-state index in [1.54, 1.807) is 0 Å². The van der Waals surface area contributed by atoms with Crippen LogP contribution < -0.4 is 5.32 Å². The zero-order valence-electron chi connectivity index (χ0n) is 12.3. The van der Waals surface area contributed by atoms with Crippen LogP contribution >= 0.6 is 0 Å². The second kappa shape index (κ2) is 6.72. The molecule has 102 valence electrons. The number of hydrogen-bond acceptors (Lipinski definition) is 3. The summed E-state index contributed by atoms with van der Waals surface area (Å²) in [6.45, 7) is 15.2. The number of nitrogens with one attached hydrogen (secondary N) is 1. The molecule has 0 aliphatic carbocycles. The molecular weight excluding hydrogens is 212 g/mol. The predicted octanol–water partition coefficient (Wildman–Crippen LogP) is 2.26. The number of hydrogen-bond donors (Lipinski definition) is 1. The monoisotopic (exact) mass is 242 g/mol. The van der Waals surface area contributed by atoms with Crippen molar-refractivity contribution >= 4 is 0 Å². The highest BCUT2D eigenvalue weighted by molar-refractivity contribution is 4.96. The van der Waals surface area contributed by atoms with Crippen molar-refractivity contribution in [2.75, 3.05) is 26.3 Å². The largest absolute Gasteiger partial charge is 0.380 e. The first-order valence-electron chi connectivity index (χ1n) is 7.17. The Morgan fingerprint density at radius 3 is 2.53 bits per heavy atom. The van der Waals surface area contributed by atoms with Gasteiger partial charge >= 0.3 is 0 Å². The van der Waals surface area contributed by atoms with E-state index >= 15 is 0 Å². The highest BCUT2D eigenvalue weighted by atomic mass is 16.5. The van der Waals surface area contributed by atoms with Gasteiger partial charge in [-0.05, 0) is 33.6 Å². The van der Waals surface area contributed by atoms with E-state index in [0.29, 0.717) is 17.6 Å². The zero-order valence-corrected chi connectivity index (χ0v) is 12.3. The van der Waals surface area contributed by atoms with Crippen molar-refractivity contribution in [3.05, 3.63) is 0 Å². The first-order chi connectivity index (χ1) is 8.08. The van der Waals surface area contributed by atoms with Crippen molar-refractivity contribution in [3.63, 3.8) is 0 Å². The minimum absolute atomic E-state index is 0.312. The van der Waals surface area contributed by atoms with E-state index in [-0.39, 0.29) is 0 Å². The Bertz CT molecular complexity index is 216. The second-order valence-electron chi connectivity index (χ2n) is 5.40. The Labute approximate surface area is 107 Å². The summed E-state index contributed by atoms with van der Waals surface area (Å²) in [7, 11) is 0. The Kier molecular flexibility index (Phi) is 5.90. The SMILES string of the molecule is CCOCC(C)N1CC(CC)(CC)NCC1C. The molecule has 0 spiro atoms. The number of rotatable bonds is 6. The van der Waals surface area contributed by atoms with Crippen LogP contribution in [-0.4, -0.2) is 48.8 Å². The first-order valence-corrected chi connectivity index (χ1v) is 7.17. The van der Waals surface area contributed by atoms with Gasteiger partial charge in [-0.3, -0.25) is 4.90 Å². The highest BCUT2D eigenvalue weighted by Crippen LogP contribution is 2.24. The minimum Gasteiger partial charge on any atom is -0.380 e. The number of piperazine rings is 1. The highest BCUT2D eigenvalue weighted by Gasteiger charge is 2.36. The lowest BCUT2D eigenvalue weighted by atomic mass is 9.88. The Balaban J connectivity index is 2.62. The van der Waals surface area contributed by atoms with E-state index in [4.69, 9.17) is 4.74 Å². The normalized spacial score (nSPS) is 27.0. The average molecular weight is 242 g/mol. The van der Waals surface area contributed by atoms with Crippen LogP contribution in [0.1, 0.15) is 47.5 Å². The van der Waals surface area contributed by atoms with Crippen LogP contribution in [0.5, 0.6) is 0 Å². The summed E-state index contributed by atoms with van der Waals surface area (Å²) in [4.78, 5) is 2.61. The number of nitrogens with zero attached hydrogens (tertiary/aromatic N) is 1. The van der Waals surface area contributed by atoms with Crippen LogP contribution in [-0.2, 0) is 4.74 Å². The summed E-state index contributed by atoms with van der Waals surface area (Å²) in [6, 6.07) is 1.13. The van der Waals surface area contributed by atoms with Crippen molar-refractivity contribution in [3.8, 4) is 0 Å². The molecular formula is C14H30N2O. The van der Waals surface area contributed by atoms with Crippen molar-refractivity contribution in [1.82, 2.24) is 10.2 Å². The molecule has 17 heavy (non-hydrogen) atoms. The molecule has 0 bridgehead atoms. The summed E-state index contributed by atoms with van der Waals surface area (Å²) < 4.78 is 5.57. The fourth-order valence-electron chi connectivity index (χ4n) is 2.74. The zero-order chi connectivity index (χ0) is 12.9. The van der Waals surface area contributed by atoms with Crippen LogP contribution in [0.15, 0.2) is 0 Å². The topological polar surface area (TPSA) is 24.5 Å². The van der Waals surface area contributed by atoms with Gasteiger partial charge in [0.15, 0.2) is 0 Å². The van der Waals surface area contributed by atoms with Crippen LogP contribution in [0, 0.1) is 0 Å². The second-order valence-corrected chi connectivity index (χ2v) is 5.40. The van der Waals surface area contributed by atoms with E-state index in [9.17, 15) is 0 Å². The minimum atomic E-state index is 0.312. The van der Waals surface area contributed by atoms with Crippen molar-refractivity contribution < 1.29 is 4.74 Å². The summed E-state index contributed by atoms with van der Waals surface area (Å²) in [5, 5.41) is 3.74. The Hall–Kier alpha value is -0.120. The first kappa shape index (κ1) is 14.9. The van der Waals surface area contributed by atoms with E-state index in [1.807, 2.05) is 0 Å². The smallest absolute Gasteiger partial charge is 0.0619 e. The fraction of sp³-hybridized carbons (Fsp3) is 1.00. The molecule has 0 saturated carbocycles. The molecule has 0 aromatic rings. The Morgan fingerprint density at radius 2 is 2.00 bits per heavy atom. The van der Waals surface area contributed by atoms with Crippen molar-refractivity contribution in [1.29, 1.82) is 0 Å². The third-order valence-electron chi connectivity index (χ3n) is 4.31. The quantitative estimate of drug-likeness (QED) is 0.773. The van der Waals surface area contributed by atoms with Crippen LogP contribution in [0.4, 0.5) is 0 Å². The standard InChI is InChI=1S/C14H30N2O/c1-6-14(7-2)11-16(12(4)9-15-14)13(5)10-17-8-3/h12-13,15H,6-11H2,1-5H3. The number of ether oxygens (including phenoxy) is 1. The summed E-state index contributed by atoms with van der Waals surface area (Å²) in [5.41, 5.74) is 0.312. The molecule has 1 fully saturated rings. The maximum absolute atomic E-state index is 5.57. The predicted molar refractivity (Wildman–Crippen MR) is 73.4 cm³/mol. The molecule has 3 heteroatoms. The molecule has 1 heterocycles. The van der Waals surface area contributed by atoms with Gasteiger partial charge in [0, 0.05) is 37.3 Å². The lowest BCUT2D eigenvalue weighted by Gasteiger charge is -2.48. The van der Waals surface area contributed by atoms with Crippen LogP contribution in [0.2, 0.25) is 0 Å². The molecule has 0 aromatic carbocycles.